The summed E-state index contributed by atoms with van der Waals surface area (Å²) in [6.07, 6.45) is 1.63. The Morgan fingerprint density at radius 2 is 2.36 bits per heavy atom. The predicted octanol–water partition coefficient (Wildman–Crippen LogP) is 0.878. The van der Waals surface area contributed by atoms with Gasteiger partial charge in [-0.05, 0) is 12.1 Å². The number of hydrogen-bond acceptors (Lipinski definition) is 2. The van der Waals surface area contributed by atoms with Gasteiger partial charge in [0.15, 0.2) is 0 Å². The van der Waals surface area contributed by atoms with E-state index in [2.05, 4.69) is 11.9 Å². The number of carbonyl (C=O) groups is 1. The van der Waals surface area contributed by atoms with Gasteiger partial charge in [0.1, 0.15) is 5.82 Å². The van der Waals surface area contributed by atoms with Gasteiger partial charge < -0.3 is 0 Å². The van der Waals surface area contributed by atoms with Gasteiger partial charge in [0.25, 0.3) is 0 Å². The van der Waals surface area contributed by atoms with Crippen LogP contribution in [0.1, 0.15) is 0 Å². The van der Waals surface area contributed by atoms with Crippen LogP contribution in [0.2, 0.25) is 0 Å². The first kappa shape index (κ1) is 7.72. The number of carbonyl (C=O) groups excluding carboxylic acids is 1. The lowest BCUT2D eigenvalue weighted by Crippen LogP contribution is -2.23. The molecule has 11 heavy (non-hydrogen) atoms. The molecule has 0 aliphatic heterocycles. The monoisotopic (exact) mass is 149 g/mol. The molecular weight excluding hydrogens is 140 g/mol. The van der Waals surface area contributed by atoms with Crippen molar-refractivity contribution in [3.63, 3.8) is 0 Å². The molecule has 0 saturated carbocycles. The molecule has 1 aromatic rings. The standard InChI is InChI=1S/C8H9N2O/c1-7(11)10(2)8-5-3-4-6-9-8/h3-6H,1H2,2H3. The molecule has 0 spiro atoms. The lowest BCUT2D eigenvalue weighted by molar-refractivity contribution is -0.114. The lowest BCUT2D eigenvalue weighted by atomic mass is 10.4. The number of aromatic nitrogens is 1. The van der Waals surface area contributed by atoms with Crippen molar-refractivity contribution in [3.05, 3.63) is 31.3 Å². The Morgan fingerprint density at radius 1 is 1.64 bits per heavy atom. The van der Waals surface area contributed by atoms with Crippen molar-refractivity contribution in [2.45, 2.75) is 0 Å². The highest BCUT2D eigenvalue weighted by atomic mass is 16.2. The molecular formula is C8H9N2O. The van der Waals surface area contributed by atoms with Gasteiger partial charge in [0.05, 0.1) is 0 Å². The molecule has 0 atom stereocenters. The highest BCUT2D eigenvalue weighted by Crippen LogP contribution is 2.05. The van der Waals surface area contributed by atoms with E-state index in [4.69, 9.17) is 0 Å². The van der Waals surface area contributed by atoms with Gasteiger partial charge in [-0.25, -0.2) is 4.98 Å². The zero-order valence-electron chi connectivity index (χ0n) is 6.32. The zero-order valence-corrected chi connectivity index (χ0v) is 6.32. The summed E-state index contributed by atoms with van der Waals surface area (Å²) < 4.78 is 0. The van der Waals surface area contributed by atoms with E-state index in [9.17, 15) is 4.79 Å². The summed E-state index contributed by atoms with van der Waals surface area (Å²) in [6.45, 7) is 3.26. The molecule has 1 heterocycles. The average Bonchev–Trinajstić information content (AvgIpc) is 2.05. The molecule has 1 amide bonds. The van der Waals surface area contributed by atoms with Crippen molar-refractivity contribution in [1.29, 1.82) is 0 Å². The first-order valence-corrected chi connectivity index (χ1v) is 3.22. The average molecular weight is 149 g/mol. The number of rotatable bonds is 1. The Hall–Kier alpha value is -1.38. The molecule has 0 N–H and O–H groups in total. The molecule has 1 rings (SSSR count). The van der Waals surface area contributed by atoms with Crippen LogP contribution in [0.15, 0.2) is 24.4 Å². The maximum absolute atomic E-state index is 10.7. The van der Waals surface area contributed by atoms with Crippen molar-refractivity contribution in [2.75, 3.05) is 11.9 Å². The van der Waals surface area contributed by atoms with E-state index in [0.29, 0.717) is 5.82 Å². The molecule has 0 saturated heterocycles. The van der Waals surface area contributed by atoms with Crippen LogP contribution in [0.4, 0.5) is 5.82 Å². The Bertz CT molecular complexity index is 246. The highest BCUT2D eigenvalue weighted by molar-refractivity contribution is 5.94. The molecule has 1 aromatic heterocycles. The van der Waals surface area contributed by atoms with E-state index < -0.39 is 0 Å². The van der Waals surface area contributed by atoms with Gasteiger partial charge in [-0.15, -0.1) is 0 Å². The van der Waals surface area contributed by atoms with Crippen LogP contribution >= 0.6 is 0 Å². The van der Waals surface area contributed by atoms with Gasteiger partial charge in [0, 0.05) is 20.2 Å². The molecule has 0 fully saturated rings. The fourth-order valence-corrected chi connectivity index (χ4v) is 0.680. The van der Waals surface area contributed by atoms with Crippen molar-refractivity contribution < 1.29 is 4.79 Å². The fraction of sp³-hybridized carbons (Fsp3) is 0.125. The maximum atomic E-state index is 10.7. The molecule has 57 valence electrons. The SMILES string of the molecule is [CH2]C(=O)N(C)c1ccccn1. The molecule has 0 bridgehead atoms. The van der Waals surface area contributed by atoms with E-state index in [1.807, 2.05) is 6.07 Å². The van der Waals surface area contributed by atoms with Crippen LogP contribution in [-0.4, -0.2) is 17.9 Å². The van der Waals surface area contributed by atoms with Gasteiger partial charge in [-0.1, -0.05) is 6.07 Å². The first-order chi connectivity index (χ1) is 5.22. The minimum Gasteiger partial charge on any atom is -0.300 e. The molecule has 0 unspecified atom stereocenters. The number of nitrogens with zero attached hydrogens (tertiary/aromatic N) is 2. The third-order valence-electron chi connectivity index (χ3n) is 1.37. The summed E-state index contributed by atoms with van der Waals surface area (Å²) in [6, 6.07) is 5.37. The zero-order chi connectivity index (χ0) is 8.27. The van der Waals surface area contributed by atoms with E-state index >= 15 is 0 Å². The summed E-state index contributed by atoms with van der Waals surface area (Å²) in [5, 5.41) is 0. The Kier molecular flexibility index (Phi) is 2.21. The number of amides is 1. The summed E-state index contributed by atoms with van der Waals surface area (Å²) in [5.41, 5.74) is 0. The molecule has 3 nitrogen and oxygen atoms in total. The predicted molar refractivity (Wildman–Crippen MR) is 43.0 cm³/mol. The number of anilines is 1. The van der Waals surface area contributed by atoms with Gasteiger partial charge in [-0.3, -0.25) is 9.69 Å². The summed E-state index contributed by atoms with van der Waals surface area (Å²) >= 11 is 0. The minimum absolute atomic E-state index is 0.260. The quantitative estimate of drug-likeness (QED) is 0.593. The third kappa shape index (κ3) is 1.77. The summed E-state index contributed by atoms with van der Waals surface area (Å²) in [5.74, 6) is 0.358. The van der Waals surface area contributed by atoms with Crippen molar-refractivity contribution in [1.82, 2.24) is 4.98 Å². The van der Waals surface area contributed by atoms with Crippen molar-refractivity contribution in [3.8, 4) is 0 Å². The normalized spacial score (nSPS) is 9.27. The molecule has 0 aromatic carbocycles. The highest BCUT2D eigenvalue weighted by Gasteiger charge is 2.03. The summed E-state index contributed by atoms with van der Waals surface area (Å²) in [4.78, 5) is 16.1. The van der Waals surface area contributed by atoms with Crippen LogP contribution in [0.3, 0.4) is 0 Å². The van der Waals surface area contributed by atoms with Gasteiger partial charge >= 0.3 is 0 Å². The van der Waals surface area contributed by atoms with E-state index in [0.717, 1.165) is 0 Å². The van der Waals surface area contributed by atoms with Crippen molar-refractivity contribution in [2.24, 2.45) is 0 Å². The summed E-state index contributed by atoms with van der Waals surface area (Å²) in [7, 11) is 1.64. The second-order valence-corrected chi connectivity index (χ2v) is 2.14. The Morgan fingerprint density at radius 3 is 2.82 bits per heavy atom. The van der Waals surface area contributed by atoms with Gasteiger partial charge in [-0.2, -0.15) is 0 Å². The van der Waals surface area contributed by atoms with E-state index in [1.54, 1.807) is 25.4 Å². The van der Waals surface area contributed by atoms with Crippen LogP contribution < -0.4 is 4.90 Å². The smallest absolute Gasteiger partial charge is 0.228 e. The molecule has 0 aliphatic rings. The van der Waals surface area contributed by atoms with Crippen LogP contribution in [-0.2, 0) is 4.79 Å². The number of pyridine rings is 1. The second-order valence-electron chi connectivity index (χ2n) is 2.14. The van der Waals surface area contributed by atoms with Crippen LogP contribution in [0.25, 0.3) is 0 Å². The van der Waals surface area contributed by atoms with Crippen LogP contribution in [0, 0.1) is 6.92 Å². The third-order valence-corrected chi connectivity index (χ3v) is 1.37. The maximum Gasteiger partial charge on any atom is 0.228 e. The lowest BCUT2D eigenvalue weighted by Gasteiger charge is -2.12. The first-order valence-electron chi connectivity index (χ1n) is 3.22. The van der Waals surface area contributed by atoms with E-state index in [-0.39, 0.29) is 5.91 Å². The Balaban J connectivity index is 2.85. The van der Waals surface area contributed by atoms with Gasteiger partial charge in [0.2, 0.25) is 5.91 Å². The van der Waals surface area contributed by atoms with E-state index in [1.165, 1.54) is 4.90 Å². The molecule has 3 heteroatoms. The Labute approximate surface area is 65.7 Å². The van der Waals surface area contributed by atoms with Crippen molar-refractivity contribution >= 4 is 11.7 Å². The van der Waals surface area contributed by atoms with Crippen LogP contribution in [0.5, 0.6) is 0 Å². The molecule has 0 aliphatic carbocycles. The molecule has 1 radical (unpaired) electrons. The second kappa shape index (κ2) is 3.14. The number of hydrogen-bond donors (Lipinski definition) is 0. The minimum atomic E-state index is -0.260. The fourth-order valence-electron chi connectivity index (χ4n) is 0.680. The topological polar surface area (TPSA) is 33.2 Å². The largest absolute Gasteiger partial charge is 0.300 e.